The molecule has 3 aliphatic rings. The van der Waals surface area contributed by atoms with Crippen LogP contribution in [-0.4, -0.2) is 41.6 Å². The summed E-state index contributed by atoms with van der Waals surface area (Å²) in [6.45, 7) is 6.84. The standard InChI is InChI=1S/C17H20N2O2/c1-2-13-11-19(10-12-6-4-3-5-7-12)9-8-17(13)15-14(21-15)16(20)18-17/h2-7,13-15H,1,8-11H2,(H,18,20)/t13-,14-,15+,17-/m0/s1. The predicted molar refractivity (Wildman–Crippen MR) is 79.6 cm³/mol. The summed E-state index contributed by atoms with van der Waals surface area (Å²) in [5.74, 6) is 0.305. The van der Waals surface area contributed by atoms with Crippen LogP contribution in [0.1, 0.15) is 12.0 Å². The van der Waals surface area contributed by atoms with Gasteiger partial charge in [-0.25, -0.2) is 0 Å². The molecule has 1 N–H and O–H groups in total. The summed E-state index contributed by atoms with van der Waals surface area (Å²) >= 11 is 0. The molecule has 4 nitrogen and oxygen atoms in total. The number of benzene rings is 1. The number of piperidine rings is 1. The lowest BCUT2D eigenvalue weighted by Crippen LogP contribution is -2.60. The number of amides is 1. The molecule has 1 aromatic carbocycles. The minimum atomic E-state index is -0.212. The fourth-order valence-electron chi connectivity index (χ4n) is 3.91. The van der Waals surface area contributed by atoms with E-state index in [1.54, 1.807) is 0 Å². The van der Waals surface area contributed by atoms with E-state index in [2.05, 4.69) is 41.1 Å². The van der Waals surface area contributed by atoms with Gasteiger partial charge in [0.05, 0.1) is 5.54 Å². The number of fused-ring (bicyclic) bond motifs is 2. The van der Waals surface area contributed by atoms with Crippen molar-refractivity contribution in [3.05, 3.63) is 48.6 Å². The molecule has 0 radical (unpaired) electrons. The molecule has 0 aromatic heterocycles. The van der Waals surface area contributed by atoms with Crippen molar-refractivity contribution in [1.82, 2.24) is 10.2 Å². The van der Waals surface area contributed by atoms with E-state index in [9.17, 15) is 4.79 Å². The second kappa shape index (κ2) is 4.68. The number of epoxide rings is 1. The van der Waals surface area contributed by atoms with E-state index in [4.69, 9.17) is 4.74 Å². The molecule has 0 aliphatic carbocycles. The molecule has 4 heteroatoms. The first-order chi connectivity index (χ1) is 10.2. The Bertz CT molecular complexity index is 573. The molecular weight excluding hydrogens is 264 g/mol. The Kier molecular flexibility index (Phi) is 2.91. The molecule has 110 valence electrons. The van der Waals surface area contributed by atoms with Gasteiger partial charge in [0.15, 0.2) is 6.10 Å². The molecule has 4 rings (SSSR count). The summed E-state index contributed by atoms with van der Waals surface area (Å²) in [7, 11) is 0. The van der Waals surface area contributed by atoms with Crippen molar-refractivity contribution in [3.63, 3.8) is 0 Å². The lowest BCUT2D eigenvalue weighted by Gasteiger charge is -2.45. The summed E-state index contributed by atoms with van der Waals surface area (Å²) in [5.41, 5.74) is 1.11. The number of nitrogens with one attached hydrogen (secondary N) is 1. The van der Waals surface area contributed by atoms with Crippen molar-refractivity contribution >= 4 is 5.91 Å². The van der Waals surface area contributed by atoms with Crippen LogP contribution in [0.3, 0.4) is 0 Å². The number of rotatable bonds is 3. The van der Waals surface area contributed by atoms with E-state index < -0.39 is 0 Å². The lowest BCUT2D eigenvalue weighted by atomic mass is 9.76. The maximum atomic E-state index is 11.8. The van der Waals surface area contributed by atoms with E-state index in [-0.39, 0.29) is 29.6 Å². The van der Waals surface area contributed by atoms with Crippen LogP contribution in [0.15, 0.2) is 43.0 Å². The molecule has 0 saturated carbocycles. The quantitative estimate of drug-likeness (QED) is 0.673. The zero-order valence-corrected chi connectivity index (χ0v) is 12.0. The third-order valence-electron chi connectivity index (χ3n) is 5.11. The Morgan fingerprint density at radius 2 is 2.24 bits per heavy atom. The highest BCUT2D eigenvalue weighted by Gasteiger charge is 2.67. The monoisotopic (exact) mass is 284 g/mol. The van der Waals surface area contributed by atoms with Crippen LogP contribution in [-0.2, 0) is 16.1 Å². The van der Waals surface area contributed by atoms with Crippen LogP contribution >= 0.6 is 0 Å². The smallest absolute Gasteiger partial charge is 0.252 e. The second-order valence-electron chi connectivity index (χ2n) is 6.32. The zero-order chi connectivity index (χ0) is 14.4. The van der Waals surface area contributed by atoms with Crippen LogP contribution < -0.4 is 5.32 Å². The second-order valence-corrected chi connectivity index (χ2v) is 6.32. The van der Waals surface area contributed by atoms with E-state index in [1.807, 2.05) is 12.1 Å². The molecule has 3 heterocycles. The maximum Gasteiger partial charge on any atom is 0.252 e. The first-order valence-corrected chi connectivity index (χ1v) is 7.59. The lowest BCUT2D eigenvalue weighted by molar-refractivity contribution is -0.124. The van der Waals surface area contributed by atoms with Crippen LogP contribution in [0.25, 0.3) is 0 Å². The SMILES string of the molecule is C=C[C@H]1CN(Cc2ccccc2)CC[C@]12NC(=O)[C@H]1O[C@H]12. The highest BCUT2D eigenvalue weighted by Crippen LogP contribution is 2.47. The van der Waals surface area contributed by atoms with Crippen molar-refractivity contribution < 1.29 is 9.53 Å². The number of hydrogen-bond acceptors (Lipinski definition) is 3. The average molecular weight is 284 g/mol. The van der Waals surface area contributed by atoms with Gasteiger partial charge in [-0.1, -0.05) is 36.4 Å². The van der Waals surface area contributed by atoms with E-state index >= 15 is 0 Å². The Morgan fingerprint density at radius 3 is 2.86 bits per heavy atom. The van der Waals surface area contributed by atoms with Crippen molar-refractivity contribution in [2.24, 2.45) is 5.92 Å². The molecule has 3 saturated heterocycles. The summed E-state index contributed by atoms with van der Waals surface area (Å²) in [6.07, 6.45) is 2.78. The Morgan fingerprint density at radius 1 is 1.43 bits per heavy atom. The molecule has 3 fully saturated rings. The average Bonchev–Trinajstić information content (AvgIpc) is 3.26. The van der Waals surface area contributed by atoms with E-state index in [0.717, 1.165) is 26.1 Å². The van der Waals surface area contributed by atoms with Crippen molar-refractivity contribution in [2.45, 2.75) is 30.7 Å². The third kappa shape index (κ3) is 2.01. The minimum absolute atomic E-state index is 0.0587. The van der Waals surface area contributed by atoms with Gasteiger partial charge >= 0.3 is 0 Å². The van der Waals surface area contributed by atoms with Crippen molar-refractivity contribution in [2.75, 3.05) is 13.1 Å². The van der Waals surface area contributed by atoms with Gasteiger partial charge < -0.3 is 10.1 Å². The van der Waals surface area contributed by atoms with Crippen LogP contribution in [0.2, 0.25) is 0 Å². The fourth-order valence-corrected chi connectivity index (χ4v) is 3.91. The molecule has 21 heavy (non-hydrogen) atoms. The number of likely N-dealkylation sites (tertiary alicyclic amines) is 1. The van der Waals surface area contributed by atoms with Gasteiger partial charge in [-0.2, -0.15) is 0 Å². The van der Waals surface area contributed by atoms with E-state index in [1.165, 1.54) is 5.56 Å². The van der Waals surface area contributed by atoms with Gasteiger partial charge in [0, 0.05) is 25.6 Å². The zero-order valence-electron chi connectivity index (χ0n) is 12.0. The molecule has 1 spiro atoms. The molecule has 0 unspecified atom stereocenters. The van der Waals surface area contributed by atoms with Gasteiger partial charge in [-0.3, -0.25) is 9.69 Å². The molecule has 1 aromatic rings. The minimum Gasteiger partial charge on any atom is -0.357 e. The number of carbonyl (C=O) groups is 1. The summed E-state index contributed by atoms with van der Waals surface area (Å²) in [4.78, 5) is 14.3. The topological polar surface area (TPSA) is 44.9 Å². The van der Waals surface area contributed by atoms with Crippen LogP contribution in [0.4, 0.5) is 0 Å². The third-order valence-corrected chi connectivity index (χ3v) is 5.11. The molecule has 4 atom stereocenters. The van der Waals surface area contributed by atoms with Gasteiger partial charge in [-0.05, 0) is 12.0 Å². The summed E-state index contributed by atoms with van der Waals surface area (Å²) < 4.78 is 5.57. The number of morpholine rings is 1. The van der Waals surface area contributed by atoms with Crippen molar-refractivity contribution in [3.8, 4) is 0 Å². The Hall–Kier alpha value is -1.65. The fraction of sp³-hybridized carbons (Fsp3) is 0.471. The largest absolute Gasteiger partial charge is 0.357 e. The van der Waals surface area contributed by atoms with Crippen LogP contribution in [0, 0.1) is 5.92 Å². The Balaban J connectivity index is 1.49. The molecular formula is C17H20N2O2. The van der Waals surface area contributed by atoms with Gasteiger partial charge in [-0.15, -0.1) is 6.58 Å². The number of nitrogens with zero attached hydrogens (tertiary/aromatic N) is 1. The Labute approximate surface area is 124 Å². The molecule has 1 amide bonds. The number of ether oxygens (including phenoxy) is 1. The van der Waals surface area contributed by atoms with Crippen LogP contribution in [0.5, 0.6) is 0 Å². The van der Waals surface area contributed by atoms with Gasteiger partial charge in [0.25, 0.3) is 5.91 Å². The highest BCUT2D eigenvalue weighted by molar-refractivity contribution is 5.88. The highest BCUT2D eigenvalue weighted by atomic mass is 16.6. The molecule has 3 aliphatic heterocycles. The first-order valence-electron chi connectivity index (χ1n) is 7.59. The normalized spacial score (nSPS) is 38.1. The number of carbonyl (C=O) groups excluding carboxylic acids is 1. The molecule has 0 bridgehead atoms. The van der Waals surface area contributed by atoms with Gasteiger partial charge in [0.2, 0.25) is 0 Å². The number of hydrogen-bond donors (Lipinski definition) is 1. The summed E-state index contributed by atoms with van der Waals surface area (Å²) in [5, 5.41) is 3.19. The maximum absolute atomic E-state index is 11.8. The summed E-state index contributed by atoms with van der Waals surface area (Å²) in [6, 6.07) is 10.5. The van der Waals surface area contributed by atoms with E-state index in [0.29, 0.717) is 0 Å². The predicted octanol–water partition coefficient (Wildman–Crippen LogP) is 1.33. The van der Waals surface area contributed by atoms with Gasteiger partial charge in [0.1, 0.15) is 6.10 Å². The first kappa shape index (κ1) is 13.0. The van der Waals surface area contributed by atoms with Crippen molar-refractivity contribution in [1.29, 1.82) is 0 Å².